The van der Waals surface area contributed by atoms with Crippen LogP contribution in [0.1, 0.15) is 20.8 Å². The van der Waals surface area contributed by atoms with E-state index in [2.05, 4.69) is 10.6 Å². The summed E-state index contributed by atoms with van der Waals surface area (Å²) in [7, 11) is 0. The first kappa shape index (κ1) is 16.0. The van der Waals surface area contributed by atoms with Gasteiger partial charge < -0.3 is 15.8 Å². The van der Waals surface area contributed by atoms with Crippen molar-refractivity contribution in [2.24, 2.45) is 11.7 Å². The number of nitrogens with two attached hydrogens (primary N) is 1. The van der Waals surface area contributed by atoms with Crippen molar-refractivity contribution in [1.29, 1.82) is 0 Å². The third-order valence-electron chi connectivity index (χ3n) is 2.70. The van der Waals surface area contributed by atoms with Crippen molar-refractivity contribution in [3.63, 3.8) is 0 Å². The molecule has 6 heteroatoms. The molecule has 1 aromatic rings. The van der Waals surface area contributed by atoms with E-state index in [-0.39, 0.29) is 11.8 Å². The van der Waals surface area contributed by atoms with Crippen molar-refractivity contribution in [2.45, 2.75) is 26.8 Å². The van der Waals surface area contributed by atoms with E-state index in [1.54, 1.807) is 31.2 Å². The molecule has 0 fully saturated rings. The van der Waals surface area contributed by atoms with Crippen LogP contribution in [0.25, 0.3) is 0 Å². The summed E-state index contributed by atoms with van der Waals surface area (Å²) in [6, 6.07) is 6.17. The van der Waals surface area contributed by atoms with Gasteiger partial charge in [0.25, 0.3) is 0 Å². The number of carbonyl (C=O) groups is 2. The highest BCUT2D eigenvalue weighted by Gasteiger charge is 2.17. The van der Waals surface area contributed by atoms with Gasteiger partial charge in [-0.2, -0.15) is 0 Å². The topological polar surface area (TPSA) is 93.5 Å². The summed E-state index contributed by atoms with van der Waals surface area (Å²) >= 11 is 0. The van der Waals surface area contributed by atoms with E-state index < -0.39 is 12.1 Å². The van der Waals surface area contributed by atoms with Gasteiger partial charge in [0.05, 0.1) is 12.6 Å². The highest BCUT2D eigenvalue weighted by molar-refractivity contribution is 5.95. The predicted octanol–water partition coefficient (Wildman–Crippen LogP) is 2.18. The Morgan fingerprint density at radius 1 is 1.15 bits per heavy atom. The molecule has 0 heterocycles. The molecule has 1 atom stereocenters. The van der Waals surface area contributed by atoms with Gasteiger partial charge >= 0.3 is 6.09 Å². The summed E-state index contributed by atoms with van der Waals surface area (Å²) in [5.41, 5.74) is 6.97. The normalized spacial score (nSPS) is 11.8. The summed E-state index contributed by atoms with van der Waals surface area (Å²) in [6.07, 6.45) is -0.508. The highest BCUT2D eigenvalue weighted by atomic mass is 16.5. The third kappa shape index (κ3) is 4.89. The predicted molar refractivity (Wildman–Crippen MR) is 78.5 cm³/mol. The van der Waals surface area contributed by atoms with Crippen molar-refractivity contribution < 1.29 is 14.3 Å². The monoisotopic (exact) mass is 279 g/mol. The van der Waals surface area contributed by atoms with E-state index in [9.17, 15) is 9.59 Å². The van der Waals surface area contributed by atoms with Crippen LogP contribution < -0.4 is 16.4 Å². The number of amides is 2. The molecular weight excluding hydrogens is 258 g/mol. The van der Waals surface area contributed by atoms with E-state index in [4.69, 9.17) is 10.5 Å². The zero-order valence-corrected chi connectivity index (χ0v) is 12.0. The zero-order valence-electron chi connectivity index (χ0n) is 12.0. The van der Waals surface area contributed by atoms with E-state index in [0.29, 0.717) is 18.0 Å². The fourth-order valence-corrected chi connectivity index (χ4v) is 1.45. The van der Waals surface area contributed by atoms with Gasteiger partial charge in [0, 0.05) is 11.4 Å². The van der Waals surface area contributed by atoms with Crippen LogP contribution in [0.2, 0.25) is 0 Å². The van der Waals surface area contributed by atoms with Crippen molar-refractivity contribution in [2.75, 3.05) is 17.2 Å². The minimum absolute atomic E-state index is 0.0692. The zero-order chi connectivity index (χ0) is 15.1. The number of ether oxygens (including phenoxy) is 1. The summed E-state index contributed by atoms with van der Waals surface area (Å²) in [5.74, 6) is -0.161. The van der Waals surface area contributed by atoms with Crippen LogP contribution in [-0.2, 0) is 9.53 Å². The minimum Gasteiger partial charge on any atom is -0.450 e. The first-order chi connectivity index (χ1) is 9.43. The maximum atomic E-state index is 11.8. The first-order valence-electron chi connectivity index (χ1n) is 6.54. The highest BCUT2D eigenvalue weighted by Crippen LogP contribution is 2.14. The summed E-state index contributed by atoms with van der Waals surface area (Å²) in [6.45, 7) is 5.82. The van der Waals surface area contributed by atoms with Crippen molar-refractivity contribution in [3.05, 3.63) is 24.3 Å². The van der Waals surface area contributed by atoms with Crippen LogP contribution in [0.3, 0.4) is 0 Å². The van der Waals surface area contributed by atoms with Gasteiger partial charge in [-0.15, -0.1) is 0 Å². The average molecular weight is 279 g/mol. The molecule has 1 rings (SSSR count). The van der Waals surface area contributed by atoms with E-state index >= 15 is 0 Å². The summed E-state index contributed by atoms with van der Waals surface area (Å²) in [4.78, 5) is 23.0. The van der Waals surface area contributed by atoms with Crippen LogP contribution in [0, 0.1) is 5.92 Å². The van der Waals surface area contributed by atoms with Gasteiger partial charge in [-0.05, 0) is 37.1 Å². The first-order valence-corrected chi connectivity index (χ1v) is 6.54. The Kier molecular flexibility index (Phi) is 5.99. The lowest BCUT2D eigenvalue weighted by Crippen LogP contribution is -2.39. The van der Waals surface area contributed by atoms with Crippen LogP contribution in [0.15, 0.2) is 24.3 Å². The molecule has 0 saturated carbocycles. The molecule has 0 aromatic heterocycles. The van der Waals surface area contributed by atoms with E-state index in [1.165, 1.54) is 0 Å². The Balaban J connectivity index is 2.58. The molecule has 0 saturated heterocycles. The third-order valence-corrected chi connectivity index (χ3v) is 2.70. The van der Waals surface area contributed by atoms with Gasteiger partial charge in [-0.25, -0.2) is 4.79 Å². The molecule has 0 aliphatic carbocycles. The Morgan fingerprint density at radius 2 is 1.65 bits per heavy atom. The number of hydrogen-bond acceptors (Lipinski definition) is 4. The van der Waals surface area contributed by atoms with Gasteiger partial charge in [-0.1, -0.05) is 13.8 Å². The van der Waals surface area contributed by atoms with Crippen LogP contribution in [0.4, 0.5) is 16.2 Å². The quantitative estimate of drug-likeness (QED) is 0.770. The van der Waals surface area contributed by atoms with Crippen LogP contribution >= 0.6 is 0 Å². The average Bonchev–Trinajstić information content (AvgIpc) is 2.40. The lowest BCUT2D eigenvalue weighted by Gasteiger charge is -2.15. The molecule has 110 valence electrons. The number of carbonyl (C=O) groups excluding carboxylic acids is 2. The molecule has 4 N–H and O–H groups in total. The smallest absolute Gasteiger partial charge is 0.411 e. The molecule has 0 spiro atoms. The maximum Gasteiger partial charge on any atom is 0.411 e. The van der Waals surface area contributed by atoms with Crippen LogP contribution in [-0.4, -0.2) is 24.6 Å². The number of anilines is 2. The SMILES string of the molecule is CCOC(=O)Nc1ccc(NC(=O)C(N)C(C)C)cc1. The van der Waals surface area contributed by atoms with Crippen molar-refractivity contribution in [3.8, 4) is 0 Å². The Bertz CT molecular complexity index is 457. The molecule has 6 nitrogen and oxygen atoms in total. The number of hydrogen-bond donors (Lipinski definition) is 3. The maximum absolute atomic E-state index is 11.8. The lowest BCUT2D eigenvalue weighted by molar-refractivity contribution is -0.118. The van der Waals surface area contributed by atoms with Gasteiger partial charge in [-0.3, -0.25) is 10.1 Å². The fourth-order valence-electron chi connectivity index (χ4n) is 1.45. The molecule has 2 amide bonds. The van der Waals surface area contributed by atoms with Gasteiger partial charge in [0.1, 0.15) is 0 Å². The molecule has 0 aliphatic rings. The summed E-state index contributed by atoms with van der Waals surface area (Å²) < 4.78 is 4.76. The summed E-state index contributed by atoms with van der Waals surface area (Å²) in [5, 5.41) is 5.29. The Hall–Kier alpha value is -2.08. The second-order valence-corrected chi connectivity index (χ2v) is 4.68. The van der Waals surface area contributed by atoms with Gasteiger partial charge in [0.2, 0.25) is 5.91 Å². The molecular formula is C14H21N3O3. The number of benzene rings is 1. The number of nitrogens with one attached hydrogen (secondary N) is 2. The standard InChI is InChI=1S/C14H21N3O3/c1-4-20-14(19)17-11-7-5-10(6-8-11)16-13(18)12(15)9(2)3/h5-9,12H,4,15H2,1-3H3,(H,16,18)(H,17,19). The fraction of sp³-hybridized carbons (Fsp3) is 0.429. The largest absolute Gasteiger partial charge is 0.450 e. The van der Waals surface area contributed by atoms with Crippen molar-refractivity contribution >= 4 is 23.4 Å². The second-order valence-electron chi connectivity index (χ2n) is 4.68. The van der Waals surface area contributed by atoms with Crippen molar-refractivity contribution in [1.82, 2.24) is 0 Å². The lowest BCUT2D eigenvalue weighted by atomic mass is 10.0. The Morgan fingerprint density at radius 3 is 2.10 bits per heavy atom. The minimum atomic E-state index is -0.549. The van der Waals surface area contributed by atoms with Crippen LogP contribution in [0.5, 0.6) is 0 Å². The van der Waals surface area contributed by atoms with E-state index in [0.717, 1.165) is 0 Å². The second kappa shape index (κ2) is 7.49. The molecule has 1 aromatic carbocycles. The molecule has 20 heavy (non-hydrogen) atoms. The number of rotatable bonds is 5. The van der Waals surface area contributed by atoms with E-state index in [1.807, 2.05) is 13.8 Å². The molecule has 0 radical (unpaired) electrons. The molecule has 1 unspecified atom stereocenters. The Labute approximate surface area is 118 Å². The molecule has 0 aliphatic heterocycles. The molecule has 0 bridgehead atoms. The van der Waals surface area contributed by atoms with Gasteiger partial charge in [0.15, 0.2) is 0 Å².